The average Bonchev–Trinajstić information content (AvgIpc) is 3.14. The lowest BCUT2D eigenvalue weighted by molar-refractivity contribution is -0.137. The summed E-state index contributed by atoms with van der Waals surface area (Å²) in [6.45, 7) is 1.90. The summed E-state index contributed by atoms with van der Waals surface area (Å²) in [7, 11) is 0. The van der Waals surface area contributed by atoms with Gasteiger partial charge in [-0.05, 0) is 42.8 Å². The molecule has 7 heteroatoms. The summed E-state index contributed by atoms with van der Waals surface area (Å²) in [6.07, 6.45) is -3.75. The molecule has 1 heterocycles. The van der Waals surface area contributed by atoms with E-state index in [4.69, 9.17) is 16.9 Å². The van der Waals surface area contributed by atoms with E-state index in [1.807, 2.05) is 23.1 Å². The Bertz CT molecular complexity index is 824. The molecule has 1 saturated heterocycles. The van der Waals surface area contributed by atoms with Crippen LogP contribution >= 0.6 is 11.6 Å². The lowest BCUT2D eigenvalue weighted by Crippen LogP contribution is -2.36. The van der Waals surface area contributed by atoms with Crippen molar-refractivity contribution < 1.29 is 13.2 Å². The van der Waals surface area contributed by atoms with Gasteiger partial charge in [0.2, 0.25) is 0 Å². The van der Waals surface area contributed by atoms with Crippen LogP contribution in [0.2, 0.25) is 5.02 Å². The van der Waals surface area contributed by atoms with E-state index in [9.17, 15) is 13.2 Å². The van der Waals surface area contributed by atoms with Crippen molar-refractivity contribution in [3.63, 3.8) is 0 Å². The molecule has 0 radical (unpaired) electrons. The van der Waals surface area contributed by atoms with Gasteiger partial charge < -0.3 is 10.2 Å². The fraction of sp³-hybridized carbons (Fsp3) is 0.316. The lowest BCUT2D eigenvalue weighted by atomic mass is 10.0. The molecule has 0 aliphatic carbocycles. The van der Waals surface area contributed by atoms with E-state index in [2.05, 4.69) is 5.32 Å². The molecule has 0 saturated carbocycles. The Balaban J connectivity index is 2.02. The van der Waals surface area contributed by atoms with Crippen LogP contribution in [-0.2, 0) is 12.7 Å². The van der Waals surface area contributed by atoms with Crippen LogP contribution in [0.4, 0.5) is 18.9 Å². The highest BCUT2D eigenvalue weighted by atomic mass is 35.5. The molecule has 1 fully saturated rings. The van der Waals surface area contributed by atoms with E-state index in [1.165, 1.54) is 6.07 Å². The predicted octanol–water partition coefficient (Wildman–Crippen LogP) is 4.60. The summed E-state index contributed by atoms with van der Waals surface area (Å²) < 4.78 is 40.0. The molecule has 1 N–H and O–H groups in total. The van der Waals surface area contributed by atoms with E-state index in [0.29, 0.717) is 23.8 Å². The van der Waals surface area contributed by atoms with E-state index < -0.39 is 11.7 Å². The molecule has 26 heavy (non-hydrogen) atoms. The largest absolute Gasteiger partial charge is 0.417 e. The number of halogens is 4. The van der Waals surface area contributed by atoms with Crippen LogP contribution < -0.4 is 10.2 Å². The molecule has 1 aliphatic rings. The maximum Gasteiger partial charge on any atom is 0.417 e. The summed E-state index contributed by atoms with van der Waals surface area (Å²) in [6, 6.07) is 12.9. The van der Waals surface area contributed by atoms with Crippen molar-refractivity contribution in [2.45, 2.75) is 25.2 Å². The van der Waals surface area contributed by atoms with Crippen molar-refractivity contribution in [3.8, 4) is 6.07 Å². The van der Waals surface area contributed by atoms with Gasteiger partial charge in [0.15, 0.2) is 0 Å². The number of rotatable bonds is 4. The van der Waals surface area contributed by atoms with Gasteiger partial charge in [-0.3, -0.25) is 0 Å². The van der Waals surface area contributed by atoms with Gasteiger partial charge in [-0.2, -0.15) is 18.4 Å². The Kier molecular flexibility index (Phi) is 5.40. The van der Waals surface area contributed by atoms with Crippen LogP contribution in [0.1, 0.15) is 23.1 Å². The van der Waals surface area contributed by atoms with E-state index in [0.717, 1.165) is 24.6 Å². The maximum atomic E-state index is 13.3. The van der Waals surface area contributed by atoms with Crippen molar-refractivity contribution in [2.24, 2.45) is 0 Å². The molecule has 0 amide bonds. The topological polar surface area (TPSA) is 39.1 Å². The minimum absolute atomic E-state index is 0.0558. The SMILES string of the molecule is N#Cc1ccc(N(Cc2ccccc2Cl)[C@H]2CCNC2)cc1C(F)(F)F. The van der Waals surface area contributed by atoms with E-state index in [1.54, 1.807) is 18.2 Å². The molecule has 0 aromatic heterocycles. The fourth-order valence-corrected chi connectivity index (χ4v) is 3.39. The van der Waals surface area contributed by atoms with Crippen LogP contribution in [0.25, 0.3) is 0 Å². The lowest BCUT2D eigenvalue weighted by Gasteiger charge is -2.32. The second-order valence-electron chi connectivity index (χ2n) is 6.21. The third-order valence-corrected chi connectivity index (χ3v) is 4.90. The highest BCUT2D eigenvalue weighted by Gasteiger charge is 2.35. The second kappa shape index (κ2) is 7.56. The number of nitriles is 1. The Morgan fingerprint density at radius 3 is 2.62 bits per heavy atom. The number of hydrogen-bond acceptors (Lipinski definition) is 3. The molecule has 0 spiro atoms. The Hall–Kier alpha value is -2.23. The molecule has 2 aromatic rings. The molecule has 1 aliphatic heterocycles. The number of nitrogens with one attached hydrogen (secondary N) is 1. The van der Waals surface area contributed by atoms with Crippen LogP contribution in [-0.4, -0.2) is 19.1 Å². The number of nitrogens with zero attached hydrogens (tertiary/aromatic N) is 2. The van der Waals surface area contributed by atoms with Gasteiger partial charge in [0, 0.05) is 29.8 Å². The predicted molar refractivity (Wildman–Crippen MR) is 95.1 cm³/mol. The normalized spacial score (nSPS) is 17.1. The van der Waals surface area contributed by atoms with Crippen LogP contribution in [0, 0.1) is 11.3 Å². The number of alkyl halides is 3. The summed E-state index contributed by atoms with van der Waals surface area (Å²) in [4.78, 5) is 1.93. The maximum absolute atomic E-state index is 13.3. The zero-order valence-electron chi connectivity index (χ0n) is 13.9. The van der Waals surface area contributed by atoms with Gasteiger partial charge >= 0.3 is 6.18 Å². The van der Waals surface area contributed by atoms with Crippen LogP contribution in [0.3, 0.4) is 0 Å². The summed E-state index contributed by atoms with van der Waals surface area (Å²) in [5, 5.41) is 12.8. The molecule has 2 aromatic carbocycles. The van der Waals surface area contributed by atoms with Crippen molar-refractivity contribution in [3.05, 3.63) is 64.2 Å². The number of anilines is 1. The summed E-state index contributed by atoms with van der Waals surface area (Å²) >= 11 is 6.25. The molecule has 0 unspecified atom stereocenters. The molecular formula is C19H17ClF3N3. The van der Waals surface area contributed by atoms with Gasteiger partial charge in [0.25, 0.3) is 0 Å². The van der Waals surface area contributed by atoms with Crippen molar-refractivity contribution in [2.75, 3.05) is 18.0 Å². The summed E-state index contributed by atoms with van der Waals surface area (Å²) in [5.41, 5.74) is 0.0000324. The first-order valence-corrected chi connectivity index (χ1v) is 8.60. The molecule has 0 bridgehead atoms. The first-order chi connectivity index (χ1) is 12.4. The van der Waals surface area contributed by atoms with Gasteiger partial charge in [0.05, 0.1) is 17.2 Å². The smallest absolute Gasteiger partial charge is 0.363 e. The monoisotopic (exact) mass is 379 g/mol. The van der Waals surface area contributed by atoms with Crippen LogP contribution in [0.5, 0.6) is 0 Å². The van der Waals surface area contributed by atoms with Crippen molar-refractivity contribution in [1.82, 2.24) is 5.32 Å². The quantitative estimate of drug-likeness (QED) is 0.843. The molecule has 3 rings (SSSR count). The minimum Gasteiger partial charge on any atom is -0.363 e. The highest BCUT2D eigenvalue weighted by Crippen LogP contribution is 2.36. The highest BCUT2D eigenvalue weighted by molar-refractivity contribution is 6.31. The Labute approximate surface area is 155 Å². The van der Waals surface area contributed by atoms with Crippen LogP contribution in [0.15, 0.2) is 42.5 Å². The third-order valence-electron chi connectivity index (χ3n) is 4.53. The van der Waals surface area contributed by atoms with E-state index >= 15 is 0 Å². The Morgan fingerprint density at radius 1 is 1.23 bits per heavy atom. The van der Waals surface area contributed by atoms with Gasteiger partial charge in [-0.25, -0.2) is 0 Å². The summed E-state index contributed by atoms with van der Waals surface area (Å²) in [5.74, 6) is 0. The van der Waals surface area contributed by atoms with Crippen molar-refractivity contribution in [1.29, 1.82) is 5.26 Å². The van der Waals surface area contributed by atoms with Gasteiger partial charge in [-0.1, -0.05) is 29.8 Å². The molecule has 3 nitrogen and oxygen atoms in total. The Morgan fingerprint density at radius 2 is 2.00 bits per heavy atom. The second-order valence-corrected chi connectivity index (χ2v) is 6.61. The third kappa shape index (κ3) is 3.95. The fourth-order valence-electron chi connectivity index (χ4n) is 3.19. The van der Waals surface area contributed by atoms with E-state index in [-0.39, 0.29) is 11.6 Å². The first kappa shape index (κ1) is 18.6. The first-order valence-electron chi connectivity index (χ1n) is 8.22. The molecular weight excluding hydrogens is 363 g/mol. The standard InChI is InChI=1S/C19H17ClF3N3/c20-18-4-2-1-3-14(18)12-26(16-7-8-25-11-16)15-6-5-13(10-24)17(9-15)19(21,22)23/h1-6,9,16,25H,7-8,11-12H2/t16-/m0/s1. The molecule has 136 valence electrons. The van der Waals surface area contributed by atoms with Gasteiger partial charge in [0.1, 0.15) is 0 Å². The van der Waals surface area contributed by atoms with Crippen molar-refractivity contribution >= 4 is 17.3 Å². The zero-order valence-corrected chi connectivity index (χ0v) is 14.6. The number of benzene rings is 2. The number of hydrogen-bond donors (Lipinski definition) is 1. The zero-order chi connectivity index (χ0) is 18.7. The molecule has 1 atom stereocenters. The average molecular weight is 380 g/mol. The van der Waals surface area contributed by atoms with Gasteiger partial charge in [-0.15, -0.1) is 0 Å². The minimum atomic E-state index is -4.58.